The first-order valence-electron chi connectivity index (χ1n) is 11.8. The van der Waals surface area contributed by atoms with E-state index in [1.165, 1.54) is 36.1 Å². The first-order chi connectivity index (χ1) is 20.1. The van der Waals surface area contributed by atoms with Crippen LogP contribution in [0.4, 0.5) is 19.0 Å². The van der Waals surface area contributed by atoms with Crippen LogP contribution >= 0.6 is 27.3 Å². The van der Waals surface area contributed by atoms with Crippen molar-refractivity contribution in [2.24, 2.45) is 0 Å². The molecule has 0 fully saturated rings. The van der Waals surface area contributed by atoms with Crippen molar-refractivity contribution in [1.82, 2.24) is 29.9 Å². The highest BCUT2D eigenvalue weighted by Gasteiger charge is 2.31. The number of alkyl halides is 3. The van der Waals surface area contributed by atoms with Gasteiger partial charge in [-0.05, 0) is 57.7 Å². The van der Waals surface area contributed by atoms with Gasteiger partial charge in [0.05, 0.1) is 20.5 Å². The number of anilines is 1. The average Bonchev–Trinajstić information content (AvgIpc) is 3.50. The Hall–Kier alpha value is -4.22. The highest BCUT2D eigenvalue weighted by molar-refractivity contribution is 9.10. The molecular weight excluding hydrogens is 663 g/mol. The van der Waals surface area contributed by atoms with E-state index in [0.717, 1.165) is 12.1 Å². The van der Waals surface area contributed by atoms with Crippen LogP contribution in [0.25, 0.3) is 22.1 Å². The van der Waals surface area contributed by atoms with Crippen molar-refractivity contribution in [3.63, 3.8) is 0 Å². The molecule has 216 valence electrons. The van der Waals surface area contributed by atoms with Crippen molar-refractivity contribution in [2.75, 3.05) is 17.9 Å². The van der Waals surface area contributed by atoms with E-state index in [-0.39, 0.29) is 48.1 Å². The van der Waals surface area contributed by atoms with Gasteiger partial charge in [0.15, 0.2) is 11.6 Å². The summed E-state index contributed by atoms with van der Waals surface area (Å²) >= 11 is 4.50. The van der Waals surface area contributed by atoms with E-state index in [9.17, 15) is 21.6 Å². The lowest BCUT2D eigenvalue weighted by atomic mass is 10.2. The molecule has 42 heavy (non-hydrogen) atoms. The molecule has 0 bridgehead atoms. The molecule has 11 nitrogen and oxygen atoms in total. The number of nitrogens with zero attached hydrogens (tertiary/aromatic N) is 6. The fourth-order valence-electron chi connectivity index (χ4n) is 3.43. The monoisotopic (exact) mass is 679 g/mol. The molecular formula is C25H17BrF3N7O4S2. The summed E-state index contributed by atoms with van der Waals surface area (Å²) in [6.45, 7) is -0.0334. The third kappa shape index (κ3) is 6.97. The van der Waals surface area contributed by atoms with Gasteiger partial charge in [0.2, 0.25) is 11.7 Å². The van der Waals surface area contributed by atoms with Crippen LogP contribution in [0.3, 0.4) is 0 Å². The molecule has 0 aliphatic carbocycles. The number of nitrogens with one attached hydrogen (secondary N) is 1. The van der Waals surface area contributed by atoms with Crippen molar-refractivity contribution in [1.29, 1.82) is 0 Å². The number of hydrogen-bond acceptors (Lipinski definition) is 11. The minimum atomic E-state index is -4.63. The molecule has 5 aromatic rings. The summed E-state index contributed by atoms with van der Waals surface area (Å²) in [6.07, 6.45) is 1.32. The highest BCUT2D eigenvalue weighted by atomic mass is 79.9. The second-order valence-electron chi connectivity index (χ2n) is 8.13. The lowest BCUT2D eigenvalue weighted by molar-refractivity contribution is -0.137. The van der Waals surface area contributed by atoms with Crippen LogP contribution in [-0.2, 0) is 16.2 Å². The number of benzene rings is 1. The maximum atomic E-state index is 13.3. The molecule has 0 atom stereocenters. The van der Waals surface area contributed by atoms with Gasteiger partial charge in [0.1, 0.15) is 13.2 Å². The first-order valence-corrected chi connectivity index (χ1v) is 14.9. The number of ether oxygens (including phenoxy) is 2. The topological polar surface area (TPSA) is 142 Å². The molecule has 0 spiro atoms. The van der Waals surface area contributed by atoms with Gasteiger partial charge in [0.25, 0.3) is 10.0 Å². The number of halogens is 4. The zero-order valence-corrected chi connectivity index (χ0v) is 24.2. The van der Waals surface area contributed by atoms with Gasteiger partial charge < -0.3 is 9.47 Å². The molecule has 0 aliphatic rings. The highest BCUT2D eigenvalue weighted by Crippen LogP contribution is 2.39. The summed E-state index contributed by atoms with van der Waals surface area (Å²) in [6, 6.07) is 8.22. The quantitative estimate of drug-likeness (QED) is 0.188. The Morgan fingerprint density at radius 3 is 2.21 bits per heavy atom. The minimum absolute atomic E-state index is 0.0132. The van der Waals surface area contributed by atoms with Crippen molar-refractivity contribution in [3.05, 3.63) is 82.7 Å². The maximum absolute atomic E-state index is 13.3. The molecule has 0 saturated carbocycles. The van der Waals surface area contributed by atoms with Crippen molar-refractivity contribution in [3.8, 4) is 34.0 Å². The largest absolute Gasteiger partial charge is 0.473 e. The van der Waals surface area contributed by atoms with Crippen LogP contribution in [0, 0.1) is 0 Å². The SMILES string of the molecule is O=S(=O)(Nc1nc(-c2ncccn2)nc(OCCOc2ncc(Br)cn2)c1-c1cccs1)c1ccc(C(F)(F)F)cc1. The zero-order valence-electron chi connectivity index (χ0n) is 21.0. The van der Waals surface area contributed by atoms with Gasteiger partial charge in [-0.25, -0.2) is 33.3 Å². The van der Waals surface area contributed by atoms with Crippen LogP contribution < -0.4 is 14.2 Å². The molecule has 17 heteroatoms. The molecule has 1 N–H and O–H groups in total. The van der Waals surface area contributed by atoms with Crippen LogP contribution in [0.5, 0.6) is 11.9 Å². The number of hydrogen-bond donors (Lipinski definition) is 1. The number of rotatable bonds is 10. The normalized spacial score (nSPS) is 11.7. The summed E-state index contributed by atoms with van der Waals surface area (Å²) in [5, 5.41) is 1.76. The van der Waals surface area contributed by atoms with Gasteiger partial charge in [-0.3, -0.25) is 4.72 Å². The molecule has 0 amide bonds. The van der Waals surface area contributed by atoms with Gasteiger partial charge in [-0.1, -0.05) is 6.07 Å². The zero-order chi connectivity index (χ0) is 29.7. The van der Waals surface area contributed by atoms with Crippen molar-refractivity contribution in [2.45, 2.75) is 11.1 Å². The Balaban J connectivity index is 1.51. The molecule has 1 aromatic carbocycles. The second kappa shape index (κ2) is 12.3. The Morgan fingerprint density at radius 2 is 1.57 bits per heavy atom. The van der Waals surface area contributed by atoms with E-state index in [0.29, 0.717) is 21.5 Å². The lowest BCUT2D eigenvalue weighted by Gasteiger charge is -2.16. The predicted octanol–water partition coefficient (Wildman–Crippen LogP) is 5.49. The van der Waals surface area contributed by atoms with Gasteiger partial charge in [0, 0.05) is 29.7 Å². The molecule has 4 heterocycles. The number of sulfonamides is 1. The van der Waals surface area contributed by atoms with Crippen LogP contribution in [0.15, 0.2) is 82.0 Å². The van der Waals surface area contributed by atoms with E-state index in [4.69, 9.17) is 9.47 Å². The predicted molar refractivity (Wildman–Crippen MR) is 149 cm³/mol. The smallest absolute Gasteiger partial charge is 0.416 e. The lowest BCUT2D eigenvalue weighted by Crippen LogP contribution is -2.17. The molecule has 0 aliphatic heterocycles. The Kier molecular flexibility index (Phi) is 8.60. The van der Waals surface area contributed by atoms with E-state index in [2.05, 4.69) is 50.6 Å². The molecule has 5 rings (SSSR count). The third-order valence-corrected chi connectivity index (χ3v) is 7.93. The van der Waals surface area contributed by atoms with Crippen molar-refractivity contribution < 1.29 is 31.1 Å². The van der Waals surface area contributed by atoms with Crippen LogP contribution in [0.1, 0.15) is 5.56 Å². The van der Waals surface area contributed by atoms with Gasteiger partial charge >= 0.3 is 12.2 Å². The van der Waals surface area contributed by atoms with Crippen molar-refractivity contribution >= 4 is 43.1 Å². The summed E-state index contributed by atoms with van der Waals surface area (Å²) in [7, 11) is -4.41. The molecule has 0 radical (unpaired) electrons. The van der Waals surface area contributed by atoms with Gasteiger partial charge in [-0.2, -0.15) is 18.2 Å². The Bertz CT molecular complexity index is 1760. The fraction of sp³-hybridized carbons (Fsp3) is 0.120. The van der Waals surface area contributed by atoms with E-state index < -0.39 is 26.7 Å². The average molecular weight is 680 g/mol. The first kappa shape index (κ1) is 29.3. The number of aromatic nitrogens is 6. The Labute approximate surface area is 249 Å². The van der Waals surface area contributed by atoms with Gasteiger partial charge in [-0.15, -0.1) is 11.3 Å². The summed E-state index contributed by atoms with van der Waals surface area (Å²) < 4.78 is 80.3. The summed E-state index contributed by atoms with van der Waals surface area (Å²) in [5.74, 6) is -0.190. The van der Waals surface area contributed by atoms with E-state index >= 15 is 0 Å². The molecule has 4 aromatic heterocycles. The number of thiophene rings is 1. The summed E-state index contributed by atoms with van der Waals surface area (Å²) in [4.78, 5) is 25.3. The van der Waals surface area contributed by atoms with E-state index in [1.54, 1.807) is 23.6 Å². The third-order valence-electron chi connectivity index (χ3n) is 5.28. The van der Waals surface area contributed by atoms with E-state index in [1.807, 2.05) is 0 Å². The van der Waals surface area contributed by atoms with Crippen LogP contribution in [0.2, 0.25) is 0 Å². The second-order valence-corrected chi connectivity index (χ2v) is 11.7. The summed E-state index contributed by atoms with van der Waals surface area (Å²) in [5.41, 5.74) is -0.794. The molecule has 0 unspecified atom stereocenters. The molecule has 0 saturated heterocycles. The fourth-order valence-corrected chi connectivity index (χ4v) is 5.41. The minimum Gasteiger partial charge on any atom is -0.473 e. The Morgan fingerprint density at radius 1 is 0.881 bits per heavy atom. The van der Waals surface area contributed by atoms with Crippen LogP contribution in [-0.4, -0.2) is 51.5 Å². The standard InChI is InChI=1S/C25H17BrF3N7O4S2/c26-16-13-32-24(33-14-16)40-11-10-39-23-19(18-3-1-12-41-18)20(34-22(35-23)21-30-8-2-9-31-21)36-42(37,38)17-6-4-15(5-7-17)25(27,28)29/h1-9,12-14H,10-11H2,(H,34,35,36). The maximum Gasteiger partial charge on any atom is 0.416 e.